The second-order valence-corrected chi connectivity index (χ2v) is 5.37. The molecule has 18 heavy (non-hydrogen) atoms. The van der Waals surface area contributed by atoms with Crippen molar-refractivity contribution >= 4 is 37.8 Å². The highest BCUT2D eigenvalue weighted by atomic mass is 79.9. The van der Waals surface area contributed by atoms with Crippen LogP contribution in [-0.2, 0) is 4.74 Å². The van der Waals surface area contributed by atoms with Gasteiger partial charge in [0.05, 0.1) is 18.8 Å². The lowest BCUT2D eigenvalue weighted by Gasteiger charge is -2.18. The molecule has 0 aliphatic rings. The quantitative estimate of drug-likeness (QED) is 0.607. The maximum atomic E-state index is 11.3. The van der Waals surface area contributed by atoms with E-state index < -0.39 is 18.2 Å². The molecule has 0 amide bonds. The van der Waals surface area contributed by atoms with E-state index in [0.29, 0.717) is 27.4 Å². The molecular formula is C12H14Br2O4. The number of carbonyl (C=O) groups is 1. The Balaban J connectivity index is 2.94. The minimum absolute atomic E-state index is 0.385. The molecule has 0 saturated carbocycles. The summed E-state index contributed by atoms with van der Waals surface area (Å²) in [6.45, 7) is 0. The highest BCUT2D eigenvalue weighted by Crippen LogP contribution is 2.28. The summed E-state index contributed by atoms with van der Waals surface area (Å²) < 4.78 is 5.16. The maximum absolute atomic E-state index is 11.3. The largest absolute Gasteiger partial charge is 0.465 e. The van der Waals surface area contributed by atoms with Gasteiger partial charge in [-0.1, -0.05) is 37.9 Å². The van der Waals surface area contributed by atoms with Crippen molar-refractivity contribution < 1.29 is 19.7 Å². The Bertz CT molecular complexity index is 423. The van der Waals surface area contributed by atoms with Gasteiger partial charge < -0.3 is 14.9 Å². The summed E-state index contributed by atoms with van der Waals surface area (Å²) in [4.78, 5) is 11.3. The Morgan fingerprint density at radius 3 is 2.61 bits per heavy atom. The first-order valence-corrected chi connectivity index (χ1v) is 7.22. The first kappa shape index (κ1) is 15.6. The van der Waals surface area contributed by atoms with Crippen molar-refractivity contribution in [3.8, 4) is 0 Å². The van der Waals surface area contributed by atoms with E-state index in [1.54, 1.807) is 18.2 Å². The topological polar surface area (TPSA) is 66.8 Å². The molecule has 0 radical (unpaired) electrons. The summed E-state index contributed by atoms with van der Waals surface area (Å²) in [5, 5.41) is 20.3. The van der Waals surface area contributed by atoms with Crippen molar-refractivity contribution in [1.29, 1.82) is 0 Å². The Morgan fingerprint density at radius 1 is 1.44 bits per heavy atom. The van der Waals surface area contributed by atoms with E-state index in [1.807, 2.05) is 0 Å². The van der Waals surface area contributed by atoms with E-state index >= 15 is 0 Å². The van der Waals surface area contributed by atoms with Crippen LogP contribution >= 0.6 is 31.9 Å². The molecule has 1 aromatic rings. The summed E-state index contributed by atoms with van der Waals surface area (Å²) in [5.41, 5.74) is 0.923. The zero-order valence-corrected chi connectivity index (χ0v) is 12.9. The van der Waals surface area contributed by atoms with Crippen LogP contribution in [-0.4, -0.2) is 34.7 Å². The maximum Gasteiger partial charge on any atom is 0.337 e. The van der Waals surface area contributed by atoms with Crippen LogP contribution in [0.15, 0.2) is 22.7 Å². The monoisotopic (exact) mass is 380 g/mol. The van der Waals surface area contributed by atoms with Gasteiger partial charge >= 0.3 is 5.97 Å². The second kappa shape index (κ2) is 7.23. The van der Waals surface area contributed by atoms with E-state index in [2.05, 4.69) is 36.6 Å². The molecule has 0 fully saturated rings. The van der Waals surface area contributed by atoms with Crippen molar-refractivity contribution in [3.63, 3.8) is 0 Å². The Labute approximate surface area is 122 Å². The first-order chi connectivity index (χ1) is 8.51. The van der Waals surface area contributed by atoms with Gasteiger partial charge in [0.25, 0.3) is 0 Å². The van der Waals surface area contributed by atoms with Gasteiger partial charge in [-0.25, -0.2) is 4.79 Å². The zero-order chi connectivity index (χ0) is 13.7. The third kappa shape index (κ3) is 3.78. The summed E-state index contributed by atoms with van der Waals surface area (Å²) >= 11 is 6.48. The fourth-order valence-corrected chi connectivity index (χ4v) is 2.57. The molecule has 0 bridgehead atoms. The van der Waals surface area contributed by atoms with Gasteiger partial charge in [0.15, 0.2) is 0 Å². The van der Waals surface area contributed by atoms with Crippen molar-refractivity contribution in [2.75, 3.05) is 12.4 Å². The third-order valence-corrected chi connectivity index (χ3v) is 3.65. The zero-order valence-electron chi connectivity index (χ0n) is 9.77. The standard InChI is InChI=1S/C12H14Br2O4/c1-18-12(17)7-2-3-8(9(14)6-7)11(16)10(15)4-5-13/h2-3,6,10-11,15-16H,4-5H2,1H3. The number of hydrogen-bond acceptors (Lipinski definition) is 4. The number of alkyl halides is 1. The molecule has 6 heteroatoms. The van der Waals surface area contributed by atoms with Gasteiger partial charge in [0.1, 0.15) is 6.10 Å². The molecule has 2 N–H and O–H groups in total. The van der Waals surface area contributed by atoms with E-state index in [9.17, 15) is 15.0 Å². The first-order valence-electron chi connectivity index (χ1n) is 5.31. The summed E-state index contributed by atoms with van der Waals surface area (Å²) in [7, 11) is 1.30. The highest BCUT2D eigenvalue weighted by Gasteiger charge is 2.21. The summed E-state index contributed by atoms with van der Waals surface area (Å²) in [5.74, 6) is -0.447. The van der Waals surface area contributed by atoms with Crippen LogP contribution in [0.4, 0.5) is 0 Å². The van der Waals surface area contributed by atoms with E-state index in [0.717, 1.165) is 0 Å². The van der Waals surface area contributed by atoms with Crippen molar-refractivity contribution in [1.82, 2.24) is 0 Å². The van der Waals surface area contributed by atoms with Crippen LogP contribution < -0.4 is 0 Å². The minimum atomic E-state index is -0.997. The lowest BCUT2D eigenvalue weighted by Crippen LogP contribution is -2.19. The minimum Gasteiger partial charge on any atom is -0.465 e. The molecule has 0 aromatic heterocycles. The van der Waals surface area contributed by atoms with Crippen LogP contribution in [0.3, 0.4) is 0 Å². The molecular weight excluding hydrogens is 368 g/mol. The molecule has 0 aliphatic heterocycles. The van der Waals surface area contributed by atoms with E-state index in [1.165, 1.54) is 7.11 Å². The predicted octanol–water partition coefficient (Wildman–Crippen LogP) is 2.42. The number of aliphatic hydroxyl groups is 2. The smallest absolute Gasteiger partial charge is 0.337 e. The number of rotatable bonds is 5. The lowest BCUT2D eigenvalue weighted by molar-refractivity contribution is 0.0169. The van der Waals surface area contributed by atoms with Gasteiger partial charge in [-0.2, -0.15) is 0 Å². The van der Waals surface area contributed by atoms with Crippen LogP contribution in [0.25, 0.3) is 0 Å². The lowest BCUT2D eigenvalue weighted by atomic mass is 10.0. The normalized spacial score (nSPS) is 14.1. The molecule has 0 saturated heterocycles. The molecule has 1 rings (SSSR count). The SMILES string of the molecule is COC(=O)c1ccc(C(O)C(O)CCBr)c(Br)c1. The number of ether oxygens (including phenoxy) is 1. The average Bonchev–Trinajstić information content (AvgIpc) is 2.37. The Hall–Kier alpha value is -0.430. The molecule has 4 nitrogen and oxygen atoms in total. The number of esters is 1. The molecule has 1 aromatic carbocycles. The third-order valence-electron chi connectivity index (χ3n) is 2.51. The molecule has 0 aliphatic carbocycles. The number of methoxy groups -OCH3 is 1. The molecule has 2 atom stereocenters. The Morgan fingerprint density at radius 2 is 2.11 bits per heavy atom. The fourth-order valence-electron chi connectivity index (χ4n) is 1.49. The summed E-state index contributed by atoms with van der Waals surface area (Å²) in [6, 6.07) is 4.71. The molecule has 0 spiro atoms. The van der Waals surface area contributed by atoms with Gasteiger partial charge in [-0.3, -0.25) is 0 Å². The van der Waals surface area contributed by atoms with E-state index in [-0.39, 0.29) is 0 Å². The molecule has 2 unspecified atom stereocenters. The van der Waals surface area contributed by atoms with Crippen LogP contribution in [0, 0.1) is 0 Å². The van der Waals surface area contributed by atoms with Gasteiger partial charge in [0, 0.05) is 9.80 Å². The number of aliphatic hydroxyl groups excluding tert-OH is 2. The van der Waals surface area contributed by atoms with Gasteiger partial charge in [0.2, 0.25) is 0 Å². The predicted molar refractivity (Wildman–Crippen MR) is 74.9 cm³/mol. The number of hydrogen-bond donors (Lipinski definition) is 2. The van der Waals surface area contributed by atoms with Crippen LogP contribution in [0.2, 0.25) is 0 Å². The fraction of sp³-hybridized carbons (Fsp3) is 0.417. The van der Waals surface area contributed by atoms with E-state index in [4.69, 9.17) is 0 Å². The van der Waals surface area contributed by atoms with Crippen LogP contribution in [0.5, 0.6) is 0 Å². The molecule has 0 heterocycles. The summed E-state index contributed by atoms with van der Waals surface area (Å²) in [6.07, 6.45) is -1.42. The van der Waals surface area contributed by atoms with Gasteiger partial charge in [-0.15, -0.1) is 0 Å². The average molecular weight is 382 g/mol. The van der Waals surface area contributed by atoms with Crippen molar-refractivity contribution in [3.05, 3.63) is 33.8 Å². The van der Waals surface area contributed by atoms with Crippen molar-refractivity contribution in [2.24, 2.45) is 0 Å². The Kier molecular flexibility index (Phi) is 6.28. The number of carbonyl (C=O) groups excluding carboxylic acids is 1. The van der Waals surface area contributed by atoms with Gasteiger partial charge in [-0.05, 0) is 24.1 Å². The number of benzene rings is 1. The highest BCUT2D eigenvalue weighted by molar-refractivity contribution is 9.10. The number of halogens is 2. The second-order valence-electron chi connectivity index (χ2n) is 3.72. The van der Waals surface area contributed by atoms with Crippen LogP contribution in [0.1, 0.15) is 28.4 Å². The van der Waals surface area contributed by atoms with Crippen molar-refractivity contribution in [2.45, 2.75) is 18.6 Å². The molecule has 100 valence electrons.